The maximum absolute atomic E-state index is 12.2. The minimum atomic E-state index is -3.43. The lowest BCUT2D eigenvalue weighted by Crippen LogP contribution is -2.18. The van der Waals surface area contributed by atoms with Crippen molar-refractivity contribution in [1.82, 2.24) is 4.72 Å². The van der Waals surface area contributed by atoms with Crippen molar-refractivity contribution in [2.24, 2.45) is 0 Å². The van der Waals surface area contributed by atoms with Gasteiger partial charge in [-0.05, 0) is 63.1 Å². The summed E-state index contributed by atoms with van der Waals surface area (Å²) < 4.78 is 25.7. The fourth-order valence-electron chi connectivity index (χ4n) is 2.79. The van der Waals surface area contributed by atoms with Gasteiger partial charge in [-0.3, -0.25) is 4.79 Å². The molecule has 1 amide bonds. The number of nitrogens with one attached hydrogen (secondary N) is 2. The molecule has 0 aliphatic carbocycles. The van der Waals surface area contributed by atoms with Crippen molar-refractivity contribution < 1.29 is 13.2 Å². The first-order valence-corrected chi connectivity index (χ1v) is 9.61. The second kappa shape index (κ2) is 7.80. The highest BCUT2D eigenvalue weighted by Crippen LogP contribution is 2.22. The van der Waals surface area contributed by atoms with Crippen molar-refractivity contribution in [2.75, 3.05) is 12.4 Å². The third kappa shape index (κ3) is 4.90. The van der Waals surface area contributed by atoms with E-state index in [1.54, 1.807) is 24.3 Å². The molecule has 0 radical (unpaired) electrons. The topological polar surface area (TPSA) is 75.3 Å². The van der Waals surface area contributed by atoms with E-state index >= 15 is 0 Å². The Morgan fingerprint density at radius 1 is 1.00 bits per heavy atom. The lowest BCUT2D eigenvalue weighted by molar-refractivity contribution is -0.116. The second-order valence-corrected chi connectivity index (χ2v) is 8.06. The molecule has 0 aliphatic rings. The lowest BCUT2D eigenvalue weighted by atomic mass is 10.0. The summed E-state index contributed by atoms with van der Waals surface area (Å²) in [7, 11) is -2.05. The van der Waals surface area contributed by atoms with E-state index in [1.165, 1.54) is 12.6 Å². The molecule has 2 aromatic rings. The predicted molar refractivity (Wildman–Crippen MR) is 100 cm³/mol. The summed E-state index contributed by atoms with van der Waals surface area (Å²) >= 11 is 0. The summed E-state index contributed by atoms with van der Waals surface area (Å²) in [5, 5.41) is 2.98. The van der Waals surface area contributed by atoms with Crippen LogP contribution in [0.3, 0.4) is 0 Å². The predicted octanol–water partition coefficient (Wildman–Crippen LogP) is 3.09. The fraction of sp³-hybridized carbons (Fsp3) is 0.316. The Morgan fingerprint density at radius 3 is 2.08 bits per heavy atom. The molecule has 0 spiro atoms. The number of carbonyl (C=O) groups excluding carboxylic acids is 1. The number of rotatable bonds is 6. The van der Waals surface area contributed by atoms with Crippen molar-refractivity contribution in [3.05, 3.63) is 58.7 Å². The van der Waals surface area contributed by atoms with Gasteiger partial charge in [-0.1, -0.05) is 29.8 Å². The van der Waals surface area contributed by atoms with E-state index in [-0.39, 0.29) is 10.8 Å². The van der Waals surface area contributed by atoms with Crippen LogP contribution in [0.25, 0.3) is 0 Å². The highest BCUT2D eigenvalue weighted by Gasteiger charge is 2.11. The molecule has 0 bridgehead atoms. The Balaban J connectivity index is 1.99. The quantitative estimate of drug-likeness (QED) is 0.831. The zero-order valence-electron chi connectivity index (χ0n) is 15.0. The molecule has 2 rings (SSSR count). The molecule has 0 aliphatic heterocycles. The van der Waals surface area contributed by atoms with Gasteiger partial charge in [-0.15, -0.1) is 0 Å². The van der Waals surface area contributed by atoms with E-state index in [0.717, 1.165) is 22.4 Å². The average molecular weight is 360 g/mol. The first kappa shape index (κ1) is 19.1. The average Bonchev–Trinajstić information content (AvgIpc) is 2.56. The van der Waals surface area contributed by atoms with Gasteiger partial charge in [-0.25, -0.2) is 13.1 Å². The zero-order valence-corrected chi connectivity index (χ0v) is 15.8. The second-order valence-electron chi connectivity index (χ2n) is 6.17. The molecular weight excluding hydrogens is 336 g/mol. The van der Waals surface area contributed by atoms with Crippen molar-refractivity contribution >= 4 is 21.6 Å². The number of benzene rings is 2. The number of sulfonamides is 1. The standard InChI is InChI=1S/C19H24N2O3S/c1-13-11-14(2)19(15(3)12-13)21-18(22)10-7-16-5-8-17(9-6-16)25(23,24)20-4/h5-6,8-9,11-12,20H,7,10H2,1-4H3,(H,21,22). The monoisotopic (exact) mass is 360 g/mol. The molecule has 2 N–H and O–H groups in total. The molecule has 5 nitrogen and oxygen atoms in total. The number of carbonyl (C=O) groups is 1. The van der Waals surface area contributed by atoms with Crippen molar-refractivity contribution in [1.29, 1.82) is 0 Å². The summed E-state index contributed by atoms with van der Waals surface area (Å²) in [4.78, 5) is 12.4. The highest BCUT2D eigenvalue weighted by atomic mass is 32.2. The van der Waals surface area contributed by atoms with Crippen LogP contribution in [0.5, 0.6) is 0 Å². The third-order valence-corrected chi connectivity index (χ3v) is 5.51. The van der Waals surface area contributed by atoms with E-state index in [0.29, 0.717) is 12.8 Å². The minimum Gasteiger partial charge on any atom is -0.326 e. The molecular formula is C19H24N2O3S. The first-order chi connectivity index (χ1) is 11.7. The van der Waals surface area contributed by atoms with Crippen LogP contribution in [0.15, 0.2) is 41.3 Å². The molecule has 2 aromatic carbocycles. The molecule has 0 aromatic heterocycles. The molecule has 0 saturated carbocycles. The molecule has 134 valence electrons. The summed E-state index contributed by atoms with van der Waals surface area (Å²) in [6.07, 6.45) is 0.889. The van der Waals surface area contributed by atoms with E-state index in [2.05, 4.69) is 10.0 Å². The summed E-state index contributed by atoms with van der Waals surface area (Å²) in [5.41, 5.74) is 5.05. The van der Waals surface area contributed by atoms with Gasteiger partial charge in [0.2, 0.25) is 15.9 Å². The van der Waals surface area contributed by atoms with Gasteiger partial charge < -0.3 is 5.32 Å². The van der Waals surface area contributed by atoms with Gasteiger partial charge in [0.1, 0.15) is 0 Å². The molecule has 0 atom stereocenters. The van der Waals surface area contributed by atoms with Gasteiger partial charge in [0.25, 0.3) is 0 Å². The van der Waals surface area contributed by atoms with Gasteiger partial charge in [-0.2, -0.15) is 0 Å². The molecule has 25 heavy (non-hydrogen) atoms. The smallest absolute Gasteiger partial charge is 0.240 e. The van der Waals surface area contributed by atoms with Crippen LogP contribution in [0.1, 0.15) is 28.7 Å². The Labute approximate surface area is 149 Å². The Kier molecular flexibility index (Phi) is 5.98. The van der Waals surface area contributed by atoms with Gasteiger partial charge >= 0.3 is 0 Å². The van der Waals surface area contributed by atoms with E-state index in [9.17, 15) is 13.2 Å². The maximum Gasteiger partial charge on any atom is 0.240 e. The molecule has 6 heteroatoms. The molecule has 0 saturated heterocycles. The Hall–Kier alpha value is -2.18. The maximum atomic E-state index is 12.2. The number of hydrogen-bond acceptors (Lipinski definition) is 3. The van der Waals surface area contributed by atoms with Crippen molar-refractivity contribution in [3.8, 4) is 0 Å². The van der Waals surface area contributed by atoms with Crippen molar-refractivity contribution in [2.45, 2.75) is 38.5 Å². The SMILES string of the molecule is CNS(=O)(=O)c1ccc(CCC(=O)Nc2c(C)cc(C)cc2C)cc1. The number of hydrogen-bond donors (Lipinski definition) is 2. The van der Waals surface area contributed by atoms with Crippen LogP contribution >= 0.6 is 0 Å². The van der Waals surface area contributed by atoms with Crippen LogP contribution in [-0.2, 0) is 21.2 Å². The van der Waals surface area contributed by atoms with Crippen LogP contribution in [0, 0.1) is 20.8 Å². The van der Waals surface area contributed by atoms with E-state index in [1.807, 2.05) is 32.9 Å². The van der Waals surface area contributed by atoms with E-state index in [4.69, 9.17) is 0 Å². The Morgan fingerprint density at radius 2 is 1.56 bits per heavy atom. The van der Waals surface area contributed by atoms with Gasteiger partial charge in [0, 0.05) is 12.1 Å². The largest absolute Gasteiger partial charge is 0.326 e. The Bertz CT molecular complexity index is 849. The number of amides is 1. The van der Waals surface area contributed by atoms with Gasteiger partial charge in [0.05, 0.1) is 4.90 Å². The van der Waals surface area contributed by atoms with Gasteiger partial charge in [0.15, 0.2) is 0 Å². The highest BCUT2D eigenvalue weighted by molar-refractivity contribution is 7.89. The lowest BCUT2D eigenvalue weighted by Gasteiger charge is -2.13. The third-order valence-electron chi connectivity index (χ3n) is 4.08. The van der Waals surface area contributed by atoms with Crippen LogP contribution in [-0.4, -0.2) is 21.4 Å². The zero-order chi connectivity index (χ0) is 18.6. The first-order valence-electron chi connectivity index (χ1n) is 8.13. The molecule has 0 unspecified atom stereocenters. The summed E-state index contributed by atoms with van der Waals surface area (Å²) in [6, 6.07) is 10.7. The number of aryl methyl sites for hydroxylation is 4. The minimum absolute atomic E-state index is 0.0537. The van der Waals surface area contributed by atoms with Crippen LogP contribution in [0.4, 0.5) is 5.69 Å². The van der Waals surface area contributed by atoms with E-state index < -0.39 is 10.0 Å². The number of anilines is 1. The van der Waals surface area contributed by atoms with Crippen LogP contribution < -0.4 is 10.0 Å². The molecule has 0 heterocycles. The summed E-state index contributed by atoms with van der Waals surface area (Å²) in [5.74, 6) is -0.0537. The van der Waals surface area contributed by atoms with Crippen LogP contribution in [0.2, 0.25) is 0 Å². The molecule has 0 fully saturated rings. The van der Waals surface area contributed by atoms with Crippen molar-refractivity contribution in [3.63, 3.8) is 0 Å². The fourth-order valence-corrected chi connectivity index (χ4v) is 3.52. The normalized spacial score (nSPS) is 11.4. The summed E-state index contributed by atoms with van der Waals surface area (Å²) in [6.45, 7) is 6.00.